The summed E-state index contributed by atoms with van der Waals surface area (Å²) in [5.41, 5.74) is 5.77. The Balaban J connectivity index is 2.36. The summed E-state index contributed by atoms with van der Waals surface area (Å²) >= 11 is 5.89. The van der Waals surface area contributed by atoms with Crippen molar-refractivity contribution in [2.45, 2.75) is 19.9 Å². The van der Waals surface area contributed by atoms with Crippen LogP contribution in [-0.2, 0) is 0 Å². The topological polar surface area (TPSA) is 70.1 Å². The van der Waals surface area contributed by atoms with Crippen LogP contribution in [0.2, 0.25) is 5.02 Å². The molecule has 0 saturated heterocycles. The third-order valence-corrected chi connectivity index (χ3v) is 2.91. The van der Waals surface area contributed by atoms with Crippen LogP contribution in [0.3, 0.4) is 0 Å². The number of hydrogen-bond donors (Lipinski definition) is 1. The molecule has 0 aliphatic rings. The molecule has 0 aliphatic carbocycles. The minimum Gasteiger partial charge on any atom is -0.435 e. The van der Waals surface area contributed by atoms with E-state index in [4.69, 9.17) is 22.1 Å². The van der Waals surface area contributed by atoms with Gasteiger partial charge in [-0.05, 0) is 26.0 Å². The first kappa shape index (κ1) is 13.4. The second kappa shape index (κ2) is 5.32. The summed E-state index contributed by atoms with van der Waals surface area (Å²) in [7, 11) is 0. The number of ether oxygens (including phenoxy) is 1. The highest BCUT2D eigenvalue weighted by Crippen LogP contribution is 2.26. The van der Waals surface area contributed by atoms with Gasteiger partial charge in [0.15, 0.2) is 0 Å². The number of anilines is 1. The third kappa shape index (κ3) is 2.88. The van der Waals surface area contributed by atoms with E-state index < -0.39 is 0 Å². The molecule has 6 heteroatoms. The van der Waals surface area contributed by atoms with Crippen LogP contribution in [0.1, 0.15) is 19.9 Å². The van der Waals surface area contributed by atoms with Gasteiger partial charge in [-0.1, -0.05) is 11.6 Å². The molecule has 2 aromatic rings. The molecule has 0 bridgehead atoms. The number of nitrogen functional groups attached to an aromatic ring is 1. The molecule has 1 heterocycles. The Labute approximate surface area is 115 Å². The fourth-order valence-electron chi connectivity index (χ4n) is 1.57. The molecule has 100 valence electrons. The summed E-state index contributed by atoms with van der Waals surface area (Å²) < 4.78 is 6.99. The van der Waals surface area contributed by atoms with Crippen LogP contribution in [0.15, 0.2) is 35.4 Å². The number of hydrogen-bond acceptors (Lipinski definition) is 4. The normalized spacial score (nSPS) is 10.7. The zero-order valence-electron chi connectivity index (χ0n) is 10.6. The molecule has 2 N–H and O–H groups in total. The fourth-order valence-corrected chi connectivity index (χ4v) is 1.74. The van der Waals surface area contributed by atoms with Gasteiger partial charge in [-0.2, -0.15) is 0 Å². The summed E-state index contributed by atoms with van der Waals surface area (Å²) in [4.78, 5) is 16.0. The van der Waals surface area contributed by atoms with E-state index in [1.54, 1.807) is 29.0 Å². The number of rotatable bonds is 3. The van der Waals surface area contributed by atoms with Crippen molar-refractivity contribution in [3.05, 3.63) is 46.0 Å². The van der Waals surface area contributed by atoms with E-state index in [2.05, 4.69) is 4.98 Å². The molecule has 0 unspecified atom stereocenters. The number of aromatic nitrogens is 2. The largest absolute Gasteiger partial charge is 0.435 e. The lowest BCUT2D eigenvalue weighted by Gasteiger charge is -2.11. The van der Waals surface area contributed by atoms with Gasteiger partial charge in [0.25, 0.3) is 5.88 Å². The number of nitrogens with two attached hydrogens (primary N) is 1. The van der Waals surface area contributed by atoms with E-state index >= 15 is 0 Å². The van der Waals surface area contributed by atoms with Crippen molar-refractivity contribution >= 4 is 17.3 Å². The molecule has 0 atom stereocenters. The fraction of sp³-hybridized carbons (Fsp3) is 0.231. The predicted molar refractivity (Wildman–Crippen MR) is 74.8 cm³/mol. The molecule has 0 saturated carbocycles. The van der Waals surface area contributed by atoms with Crippen LogP contribution in [0.4, 0.5) is 5.69 Å². The lowest BCUT2D eigenvalue weighted by molar-refractivity contribution is 0.437. The van der Waals surface area contributed by atoms with E-state index in [1.165, 1.54) is 6.20 Å². The van der Waals surface area contributed by atoms with Crippen molar-refractivity contribution in [3.8, 4) is 11.6 Å². The minimum absolute atomic E-state index is 0.0111. The van der Waals surface area contributed by atoms with E-state index in [0.29, 0.717) is 16.5 Å². The molecule has 0 fully saturated rings. The van der Waals surface area contributed by atoms with Crippen LogP contribution in [0, 0.1) is 0 Å². The first-order valence-electron chi connectivity index (χ1n) is 5.79. The van der Waals surface area contributed by atoms with Gasteiger partial charge in [0.2, 0.25) is 0 Å². The van der Waals surface area contributed by atoms with Gasteiger partial charge in [0.05, 0.1) is 10.7 Å². The first-order valence-corrected chi connectivity index (χ1v) is 6.17. The Kier molecular flexibility index (Phi) is 3.76. The van der Waals surface area contributed by atoms with E-state index in [-0.39, 0.29) is 17.5 Å². The molecular formula is C13H14ClN3O2. The van der Waals surface area contributed by atoms with E-state index in [0.717, 1.165) is 0 Å². The predicted octanol–water partition coefficient (Wildman–Crippen LogP) is 2.85. The van der Waals surface area contributed by atoms with E-state index in [9.17, 15) is 4.79 Å². The second-order valence-corrected chi connectivity index (χ2v) is 4.73. The number of nitrogens with zero attached hydrogens (tertiary/aromatic N) is 2. The standard InChI is InChI=1S/C13H14ClN3O2/c1-8(2)17-6-5-16-12(13(17)18)19-9-3-4-11(15)10(14)7-9/h3-8H,15H2,1-2H3. The van der Waals surface area contributed by atoms with Gasteiger partial charge in [-0.25, -0.2) is 4.98 Å². The summed E-state index contributed by atoms with van der Waals surface area (Å²) in [6, 6.07) is 4.83. The maximum atomic E-state index is 12.1. The lowest BCUT2D eigenvalue weighted by atomic mass is 10.3. The lowest BCUT2D eigenvalue weighted by Crippen LogP contribution is -2.23. The van der Waals surface area contributed by atoms with Gasteiger partial charge in [-0.3, -0.25) is 4.79 Å². The Bertz CT molecular complexity index is 653. The maximum Gasteiger partial charge on any atom is 0.313 e. The molecule has 0 aliphatic heterocycles. The quantitative estimate of drug-likeness (QED) is 0.877. The zero-order chi connectivity index (χ0) is 14.0. The molecule has 2 rings (SSSR count). The van der Waals surface area contributed by atoms with Gasteiger partial charge < -0.3 is 15.0 Å². The average molecular weight is 280 g/mol. The highest BCUT2D eigenvalue weighted by molar-refractivity contribution is 6.33. The summed E-state index contributed by atoms with van der Waals surface area (Å²) in [5, 5.41) is 0.373. The summed E-state index contributed by atoms with van der Waals surface area (Å²) in [6.07, 6.45) is 3.14. The molecule has 0 spiro atoms. The van der Waals surface area contributed by atoms with Crippen molar-refractivity contribution in [1.29, 1.82) is 0 Å². The monoisotopic (exact) mass is 279 g/mol. The molecule has 0 amide bonds. The maximum absolute atomic E-state index is 12.1. The molecule has 5 nitrogen and oxygen atoms in total. The van der Waals surface area contributed by atoms with Crippen LogP contribution in [0.25, 0.3) is 0 Å². The van der Waals surface area contributed by atoms with Gasteiger partial charge in [0, 0.05) is 24.5 Å². The Morgan fingerprint density at radius 1 is 1.42 bits per heavy atom. The van der Waals surface area contributed by atoms with Crippen molar-refractivity contribution in [1.82, 2.24) is 9.55 Å². The van der Waals surface area contributed by atoms with Gasteiger partial charge in [0.1, 0.15) is 5.75 Å². The summed E-state index contributed by atoms with van der Waals surface area (Å²) in [5.74, 6) is 0.433. The van der Waals surface area contributed by atoms with Crippen molar-refractivity contribution < 1.29 is 4.74 Å². The summed E-state index contributed by atoms with van der Waals surface area (Å²) in [6.45, 7) is 3.82. The minimum atomic E-state index is -0.287. The molecule has 0 radical (unpaired) electrons. The van der Waals surface area contributed by atoms with Gasteiger partial charge in [-0.15, -0.1) is 0 Å². The average Bonchev–Trinajstić information content (AvgIpc) is 2.36. The highest BCUT2D eigenvalue weighted by atomic mass is 35.5. The third-order valence-electron chi connectivity index (χ3n) is 2.58. The van der Waals surface area contributed by atoms with Gasteiger partial charge >= 0.3 is 5.56 Å². The Morgan fingerprint density at radius 2 is 2.16 bits per heavy atom. The van der Waals surface area contributed by atoms with Crippen molar-refractivity contribution in [2.75, 3.05) is 5.73 Å². The Morgan fingerprint density at radius 3 is 2.79 bits per heavy atom. The number of benzene rings is 1. The van der Waals surface area contributed by atoms with Crippen LogP contribution in [-0.4, -0.2) is 9.55 Å². The molecular weight excluding hydrogens is 266 g/mol. The smallest absolute Gasteiger partial charge is 0.313 e. The first-order chi connectivity index (χ1) is 8.99. The number of halogens is 1. The zero-order valence-corrected chi connectivity index (χ0v) is 11.4. The van der Waals surface area contributed by atoms with Crippen LogP contribution < -0.4 is 16.0 Å². The van der Waals surface area contributed by atoms with Crippen molar-refractivity contribution in [2.24, 2.45) is 0 Å². The van der Waals surface area contributed by atoms with Crippen LogP contribution in [0.5, 0.6) is 11.6 Å². The van der Waals surface area contributed by atoms with E-state index in [1.807, 2.05) is 13.8 Å². The van der Waals surface area contributed by atoms with Crippen molar-refractivity contribution in [3.63, 3.8) is 0 Å². The molecule has 1 aromatic heterocycles. The SMILES string of the molecule is CC(C)n1ccnc(Oc2ccc(N)c(Cl)c2)c1=O. The highest BCUT2D eigenvalue weighted by Gasteiger charge is 2.10. The van der Waals surface area contributed by atoms with Crippen LogP contribution >= 0.6 is 11.6 Å². The molecule has 19 heavy (non-hydrogen) atoms. The Hall–Kier alpha value is -2.01. The molecule has 1 aromatic carbocycles. The second-order valence-electron chi connectivity index (χ2n) is 4.32.